The lowest BCUT2D eigenvalue weighted by Crippen LogP contribution is -2.15. The number of ether oxygens (including phenoxy) is 1. The van der Waals surface area contributed by atoms with Crippen LogP contribution in [0.3, 0.4) is 0 Å². The number of aromatic nitrogens is 1. The van der Waals surface area contributed by atoms with Crippen LogP contribution < -0.4 is 21.7 Å². The maximum absolute atomic E-state index is 6.28. The van der Waals surface area contributed by atoms with Gasteiger partial charge in [0.15, 0.2) is 0 Å². The predicted octanol–water partition coefficient (Wildman–Crippen LogP) is 6.33. The summed E-state index contributed by atoms with van der Waals surface area (Å²) in [5.74, 6) is 6.59. The molecule has 0 amide bonds. The second kappa shape index (κ2) is 17.5. The number of hydrazine groups is 1. The van der Waals surface area contributed by atoms with Gasteiger partial charge in [-0.3, -0.25) is 11.3 Å². The first-order valence-electron chi connectivity index (χ1n) is 11.0. The summed E-state index contributed by atoms with van der Waals surface area (Å²) in [6.45, 7) is 16.2. The minimum Gasteiger partial charge on any atom is -0.496 e. The number of rotatable bonds is 8. The van der Waals surface area contributed by atoms with E-state index in [2.05, 4.69) is 42.6 Å². The molecule has 1 aromatic carbocycles. The first-order chi connectivity index (χ1) is 14.7. The van der Waals surface area contributed by atoms with Gasteiger partial charge in [-0.1, -0.05) is 41.5 Å². The predicted molar refractivity (Wildman–Crippen MR) is 138 cm³/mol. The van der Waals surface area contributed by atoms with Crippen LogP contribution in [0.15, 0.2) is 23.6 Å². The quantitative estimate of drug-likeness (QED) is 0.162. The molecule has 2 aromatic rings. The Labute approximate surface area is 194 Å². The number of nitrogens with two attached hydrogens (primary N) is 2. The maximum atomic E-state index is 6.28. The van der Waals surface area contributed by atoms with E-state index in [0.29, 0.717) is 0 Å². The normalized spacial score (nSPS) is 9.74. The van der Waals surface area contributed by atoms with Gasteiger partial charge in [0, 0.05) is 11.1 Å². The Morgan fingerprint density at radius 3 is 2.26 bits per heavy atom. The second-order valence-corrected chi connectivity index (χ2v) is 8.47. The molecule has 0 unspecified atom stereocenters. The van der Waals surface area contributed by atoms with Crippen LogP contribution in [-0.2, 0) is 12.8 Å². The van der Waals surface area contributed by atoms with Gasteiger partial charge in [-0.15, -0.1) is 11.3 Å². The largest absolute Gasteiger partial charge is 0.496 e. The third-order valence-corrected chi connectivity index (χ3v) is 4.90. The molecule has 0 saturated heterocycles. The van der Waals surface area contributed by atoms with Crippen molar-refractivity contribution in [2.24, 2.45) is 17.0 Å². The zero-order valence-corrected chi connectivity index (χ0v) is 21.9. The molecule has 2 rings (SSSR count). The number of nitrogen functional groups attached to an aromatic ring is 1. The van der Waals surface area contributed by atoms with Crippen molar-refractivity contribution in [3.05, 3.63) is 39.8 Å². The molecule has 31 heavy (non-hydrogen) atoms. The van der Waals surface area contributed by atoms with E-state index in [-0.39, 0.29) is 11.3 Å². The number of nitrogens with zero attached hydrogens (tertiary/aromatic N) is 1. The number of hydrogen-bond acceptors (Lipinski definition) is 6. The molecule has 0 radical (unpaired) electrons. The van der Waals surface area contributed by atoms with Crippen LogP contribution in [0, 0.1) is 17.7 Å². The van der Waals surface area contributed by atoms with Gasteiger partial charge < -0.3 is 15.9 Å². The van der Waals surface area contributed by atoms with Gasteiger partial charge in [-0.25, -0.2) is 4.98 Å². The van der Waals surface area contributed by atoms with Gasteiger partial charge in [0.2, 0.25) is 0 Å². The van der Waals surface area contributed by atoms with E-state index in [1.54, 1.807) is 18.4 Å². The molecule has 0 aliphatic heterocycles. The highest BCUT2D eigenvalue weighted by Gasteiger charge is 2.20. The highest BCUT2D eigenvalue weighted by molar-refractivity contribution is 7.09. The molecular weight excluding hydrogens is 406 g/mol. The highest BCUT2D eigenvalue weighted by atomic mass is 32.1. The molecule has 178 valence electrons. The lowest BCUT2D eigenvalue weighted by atomic mass is 9.82. The lowest BCUT2D eigenvalue weighted by molar-refractivity contribution is 0.319. The summed E-state index contributed by atoms with van der Waals surface area (Å²) in [6.07, 6.45) is 4.27. The van der Waals surface area contributed by atoms with Crippen molar-refractivity contribution in [3.8, 4) is 5.75 Å². The third-order valence-electron chi connectivity index (χ3n) is 4.07. The summed E-state index contributed by atoms with van der Waals surface area (Å²) in [7, 11) is 1.71. The van der Waals surface area contributed by atoms with Gasteiger partial charge in [0.1, 0.15) is 5.75 Å². The van der Waals surface area contributed by atoms with E-state index in [0.717, 1.165) is 42.1 Å². The summed E-state index contributed by atoms with van der Waals surface area (Å²) in [5, 5.41) is 9.60. The molecule has 0 saturated carbocycles. The molecule has 0 atom stereocenters. The average Bonchev–Trinajstić information content (AvgIpc) is 3.14. The molecule has 0 fully saturated rings. The van der Waals surface area contributed by atoms with Gasteiger partial charge in [0.05, 0.1) is 23.6 Å². The number of amidine groups is 1. The Balaban J connectivity index is 0. The van der Waals surface area contributed by atoms with Crippen LogP contribution in [0.2, 0.25) is 0 Å². The number of thiazole rings is 1. The van der Waals surface area contributed by atoms with Crippen LogP contribution >= 0.6 is 11.3 Å². The molecule has 0 spiro atoms. The Morgan fingerprint density at radius 2 is 1.81 bits per heavy atom. The molecule has 0 aliphatic rings. The van der Waals surface area contributed by atoms with Crippen molar-refractivity contribution < 1.29 is 4.74 Å². The van der Waals surface area contributed by atoms with Gasteiger partial charge >= 0.3 is 0 Å². The van der Waals surface area contributed by atoms with Crippen LogP contribution in [0.25, 0.3) is 0 Å². The molecule has 0 bridgehead atoms. The lowest BCUT2D eigenvalue weighted by Gasteiger charge is -2.24. The van der Waals surface area contributed by atoms with Crippen LogP contribution in [0.1, 0.15) is 77.6 Å². The zero-order chi connectivity index (χ0) is 24.4. The van der Waals surface area contributed by atoms with Gasteiger partial charge in [-0.05, 0) is 68.7 Å². The zero-order valence-electron chi connectivity index (χ0n) is 21.1. The number of hydrogen-bond donors (Lipinski definition) is 4. The first-order valence-corrected chi connectivity index (χ1v) is 11.9. The van der Waals surface area contributed by atoms with Crippen molar-refractivity contribution in [1.29, 1.82) is 5.41 Å². The molecule has 1 aromatic heterocycles. The third kappa shape index (κ3) is 14.5. The Kier molecular flexibility index (Phi) is 17.6. The minimum absolute atomic E-state index is 0.167. The van der Waals surface area contributed by atoms with Crippen molar-refractivity contribution in [1.82, 2.24) is 4.98 Å². The summed E-state index contributed by atoms with van der Waals surface area (Å²) >= 11 is 1.73. The van der Waals surface area contributed by atoms with E-state index in [4.69, 9.17) is 21.7 Å². The van der Waals surface area contributed by atoms with E-state index in [1.165, 1.54) is 18.2 Å². The first kappa shape index (κ1) is 31.1. The van der Waals surface area contributed by atoms with Crippen LogP contribution in [0.5, 0.6) is 5.75 Å². The molecule has 1 heterocycles. The second-order valence-electron chi connectivity index (χ2n) is 7.41. The fourth-order valence-corrected chi connectivity index (χ4v) is 3.50. The Hall–Kier alpha value is -2.12. The number of methoxy groups -OCH3 is 1. The summed E-state index contributed by atoms with van der Waals surface area (Å²) in [6, 6.07) is 5.96. The summed E-state index contributed by atoms with van der Waals surface area (Å²) in [4.78, 5) is 4.59. The number of nitrogens with one attached hydrogen (secondary N) is 2. The van der Waals surface area contributed by atoms with E-state index in [9.17, 15) is 0 Å². The highest BCUT2D eigenvalue weighted by Crippen LogP contribution is 2.30. The Bertz CT molecular complexity index is 725. The van der Waals surface area contributed by atoms with Crippen molar-refractivity contribution in [2.75, 3.05) is 12.5 Å². The topological polar surface area (TPSA) is 110 Å². The molecule has 6 N–H and O–H groups in total. The number of benzene rings is 1. The number of anilines is 1. The van der Waals surface area contributed by atoms with E-state index in [1.807, 2.05) is 39.8 Å². The standard InChI is InChI=1S/C18H27N3OS.C2H6N2.2C2H6/c1-13-20-16(12-23-13)11-18(2,3)9-5-6-14-10-15(21-19)7-8-17(14)22-4;1-2(3)4;2*1-2/h7-8,10,12,21H,5-6,9,11,19H2,1-4H3;1H3,(H3,3,4);2*1-2H3. The van der Waals surface area contributed by atoms with Gasteiger partial charge in [0.25, 0.3) is 0 Å². The minimum atomic E-state index is 0.167. The van der Waals surface area contributed by atoms with Crippen LogP contribution in [-0.4, -0.2) is 17.9 Å². The van der Waals surface area contributed by atoms with E-state index >= 15 is 0 Å². The Morgan fingerprint density at radius 1 is 1.23 bits per heavy atom. The van der Waals surface area contributed by atoms with Crippen molar-refractivity contribution in [2.45, 2.75) is 81.1 Å². The smallest absolute Gasteiger partial charge is 0.122 e. The molecular formula is C24H45N5OS. The van der Waals surface area contributed by atoms with Gasteiger partial charge in [-0.2, -0.15) is 0 Å². The summed E-state index contributed by atoms with van der Waals surface area (Å²) < 4.78 is 5.45. The fraction of sp³-hybridized carbons (Fsp3) is 0.583. The van der Waals surface area contributed by atoms with Crippen molar-refractivity contribution in [3.63, 3.8) is 0 Å². The molecule has 7 heteroatoms. The van der Waals surface area contributed by atoms with Crippen LogP contribution in [0.4, 0.5) is 5.69 Å². The monoisotopic (exact) mass is 451 g/mol. The SMILES string of the molecule is CC.CC.CC(=N)N.COc1ccc(NN)cc1CCCC(C)(C)Cc1csc(C)n1. The fourth-order valence-electron chi connectivity index (χ4n) is 2.89. The average molecular weight is 452 g/mol. The van der Waals surface area contributed by atoms with Crippen molar-refractivity contribution >= 4 is 22.9 Å². The molecule has 0 aliphatic carbocycles. The summed E-state index contributed by atoms with van der Waals surface area (Å²) in [5.41, 5.74) is 11.0. The molecule has 6 nitrogen and oxygen atoms in total. The maximum Gasteiger partial charge on any atom is 0.122 e. The van der Waals surface area contributed by atoms with E-state index < -0.39 is 0 Å². The number of aryl methyl sites for hydroxylation is 2.